The topological polar surface area (TPSA) is 109 Å². The van der Waals surface area contributed by atoms with Gasteiger partial charge in [-0.15, -0.1) is 11.3 Å². The molecule has 7 nitrogen and oxygen atoms in total. The third-order valence-electron chi connectivity index (χ3n) is 3.69. The number of hydrogen-bond acceptors (Lipinski definition) is 6. The van der Waals surface area contributed by atoms with Crippen LogP contribution in [-0.4, -0.2) is 10.8 Å². The number of thiophene rings is 1. The zero-order valence-corrected chi connectivity index (χ0v) is 14.9. The third kappa shape index (κ3) is 3.94. The molecule has 0 unspecified atom stereocenters. The van der Waals surface area contributed by atoms with Gasteiger partial charge in [0.1, 0.15) is 21.8 Å². The number of furan rings is 1. The fourth-order valence-electron chi connectivity index (χ4n) is 2.53. The highest BCUT2D eigenvalue weighted by atomic mass is 32.1. The van der Waals surface area contributed by atoms with Gasteiger partial charge >= 0.3 is 5.88 Å². The molecule has 134 valence electrons. The normalized spacial score (nSPS) is 10.7. The smallest absolute Gasteiger partial charge is 0.401 e. The van der Waals surface area contributed by atoms with Crippen LogP contribution >= 0.6 is 11.3 Å². The minimum absolute atomic E-state index is 0.185. The Morgan fingerprint density at radius 3 is 2.67 bits per heavy atom. The lowest BCUT2D eigenvalue weighted by atomic mass is 10.0. The van der Waals surface area contributed by atoms with Crippen LogP contribution in [0.1, 0.15) is 16.2 Å². The first-order chi connectivity index (χ1) is 13.0. The first-order valence-electron chi connectivity index (χ1n) is 7.82. The van der Waals surface area contributed by atoms with Crippen LogP contribution in [0, 0.1) is 28.4 Å². The number of carbonyl (C=O) groups is 1. The number of nitro groups is 1. The molecule has 0 fully saturated rings. The van der Waals surface area contributed by atoms with E-state index in [-0.39, 0.29) is 5.76 Å². The number of nitrogens with zero attached hydrogens (tertiary/aromatic N) is 2. The van der Waals surface area contributed by atoms with Crippen molar-refractivity contribution in [2.24, 2.45) is 0 Å². The zero-order chi connectivity index (χ0) is 19.4. The number of nitriles is 1. The van der Waals surface area contributed by atoms with E-state index in [0.29, 0.717) is 10.6 Å². The molecule has 0 aliphatic rings. The van der Waals surface area contributed by atoms with Crippen molar-refractivity contribution < 1.29 is 14.1 Å². The lowest BCUT2D eigenvalue weighted by Gasteiger charge is -2.02. The molecule has 2 aromatic heterocycles. The van der Waals surface area contributed by atoms with E-state index in [0.717, 1.165) is 16.0 Å². The summed E-state index contributed by atoms with van der Waals surface area (Å²) in [4.78, 5) is 23.0. The minimum Gasteiger partial charge on any atom is -0.401 e. The molecule has 0 bridgehead atoms. The van der Waals surface area contributed by atoms with Crippen molar-refractivity contribution >= 4 is 34.2 Å². The van der Waals surface area contributed by atoms with E-state index < -0.39 is 16.7 Å². The number of nitrogens with one attached hydrogen (secondary N) is 1. The Morgan fingerprint density at radius 2 is 2.04 bits per heavy atom. The number of anilines is 1. The molecule has 3 rings (SSSR count). The predicted molar refractivity (Wildman–Crippen MR) is 102 cm³/mol. The Kier molecular flexibility index (Phi) is 5.15. The molecule has 0 saturated carbocycles. The molecule has 0 aliphatic carbocycles. The van der Waals surface area contributed by atoms with Gasteiger partial charge in [0, 0.05) is 16.5 Å². The van der Waals surface area contributed by atoms with Gasteiger partial charge in [-0.05, 0) is 24.6 Å². The van der Waals surface area contributed by atoms with Gasteiger partial charge in [-0.1, -0.05) is 30.3 Å². The number of hydrogen-bond donors (Lipinski definition) is 1. The second-order valence-electron chi connectivity index (χ2n) is 5.47. The van der Waals surface area contributed by atoms with E-state index in [2.05, 4.69) is 11.4 Å². The van der Waals surface area contributed by atoms with Crippen molar-refractivity contribution in [3.63, 3.8) is 0 Å². The molecule has 8 heteroatoms. The van der Waals surface area contributed by atoms with Gasteiger partial charge in [0.2, 0.25) is 5.91 Å². The molecule has 2 heterocycles. The Bertz CT molecular complexity index is 1070. The molecule has 1 amide bonds. The number of benzene rings is 1. The Hall–Kier alpha value is -3.70. The van der Waals surface area contributed by atoms with Crippen LogP contribution in [-0.2, 0) is 4.79 Å². The van der Waals surface area contributed by atoms with Crippen LogP contribution in [0.5, 0.6) is 0 Å². The summed E-state index contributed by atoms with van der Waals surface area (Å²) >= 11 is 1.32. The quantitative estimate of drug-likeness (QED) is 0.391. The van der Waals surface area contributed by atoms with Crippen LogP contribution in [0.15, 0.2) is 53.0 Å². The first kappa shape index (κ1) is 18.1. The SMILES string of the molecule is Cc1sc(NC(=O)/C=C\c2ccc([N+](=O)[O-])o2)c(C#N)c1-c1ccccc1. The van der Waals surface area contributed by atoms with E-state index in [1.807, 2.05) is 37.3 Å². The molecular formula is C19H13N3O4S. The Balaban J connectivity index is 1.81. The van der Waals surface area contributed by atoms with Crippen molar-refractivity contribution in [1.29, 1.82) is 5.26 Å². The highest BCUT2D eigenvalue weighted by Crippen LogP contribution is 2.39. The maximum Gasteiger partial charge on any atom is 0.433 e. The highest BCUT2D eigenvalue weighted by Gasteiger charge is 2.18. The lowest BCUT2D eigenvalue weighted by molar-refractivity contribution is -0.402. The summed E-state index contributed by atoms with van der Waals surface area (Å²) in [5, 5.41) is 23.3. The summed E-state index contributed by atoms with van der Waals surface area (Å²) in [5.74, 6) is -0.681. The molecule has 0 saturated heterocycles. The lowest BCUT2D eigenvalue weighted by Crippen LogP contribution is -2.07. The predicted octanol–water partition coefficient (Wildman–Crippen LogP) is 4.75. The van der Waals surface area contributed by atoms with Gasteiger partial charge in [-0.3, -0.25) is 14.9 Å². The molecule has 0 radical (unpaired) electrons. The maximum absolute atomic E-state index is 12.2. The van der Waals surface area contributed by atoms with E-state index in [1.165, 1.54) is 35.6 Å². The van der Waals surface area contributed by atoms with E-state index in [4.69, 9.17) is 4.42 Å². The van der Waals surface area contributed by atoms with E-state index in [9.17, 15) is 20.2 Å². The maximum atomic E-state index is 12.2. The van der Waals surface area contributed by atoms with Crippen LogP contribution in [0.4, 0.5) is 10.9 Å². The van der Waals surface area contributed by atoms with Crippen molar-refractivity contribution in [3.8, 4) is 17.2 Å². The third-order valence-corrected chi connectivity index (χ3v) is 4.71. The standard InChI is InChI=1S/C19H13N3O4S/c1-12-18(13-5-3-2-4-6-13)15(11-20)19(27-12)21-16(23)9-7-14-8-10-17(26-14)22(24)25/h2-10H,1H3,(H,21,23)/b9-7-. The zero-order valence-electron chi connectivity index (χ0n) is 14.1. The van der Waals surface area contributed by atoms with Crippen LogP contribution in [0.25, 0.3) is 17.2 Å². The monoisotopic (exact) mass is 379 g/mol. The second kappa shape index (κ2) is 7.68. The molecule has 0 spiro atoms. The summed E-state index contributed by atoms with van der Waals surface area (Å²) in [5.41, 5.74) is 2.10. The van der Waals surface area contributed by atoms with Crippen molar-refractivity contribution in [3.05, 3.63) is 74.9 Å². The molecule has 0 atom stereocenters. The van der Waals surface area contributed by atoms with E-state index in [1.54, 1.807) is 0 Å². The van der Waals surface area contributed by atoms with E-state index >= 15 is 0 Å². The van der Waals surface area contributed by atoms with Crippen molar-refractivity contribution in [1.82, 2.24) is 0 Å². The summed E-state index contributed by atoms with van der Waals surface area (Å²) < 4.78 is 4.96. The summed E-state index contributed by atoms with van der Waals surface area (Å²) in [6.45, 7) is 1.89. The fourth-order valence-corrected chi connectivity index (χ4v) is 3.56. The van der Waals surface area contributed by atoms with Crippen LogP contribution in [0.3, 0.4) is 0 Å². The van der Waals surface area contributed by atoms with Crippen molar-refractivity contribution in [2.45, 2.75) is 6.92 Å². The van der Waals surface area contributed by atoms with Gasteiger partial charge in [0.15, 0.2) is 0 Å². The molecule has 27 heavy (non-hydrogen) atoms. The fraction of sp³-hybridized carbons (Fsp3) is 0.0526. The largest absolute Gasteiger partial charge is 0.433 e. The molecule has 1 aromatic carbocycles. The number of aryl methyl sites for hydroxylation is 1. The average Bonchev–Trinajstić information content (AvgIpc) is 3.25. The number of rotatable bonds is 5. The minimum atomic E-state index is -0.657. The van der Waals surface area contributed by atoms with Gasteiger partial charge in [0.25, 0.3) is 0 Å². The number of carbonyl (C=O) groups excluding carboxylic acids is 1. The van der Waals surface area contributed by atoms with Gasteiger partial charge in [0.05, 0.1) is 11.6 Å². The summed E-state index contributed by atoms with van der Waals surface area (Å²) in [6, 6.07) is 14.2. The summed E-state index contributed by atoms with van der Waals surface area (Å²) in [7, 11) is 0. The molecule has 0 aliphatic heterocycles. The second-order valence-corrected chi connectivity index (χ2v) is 6.70. The first-order valence-corrected chi connectivity index (χ1v) is 8.63. The molecular weight excluding hydrogens is 366 g/mol. The molecule has 1 N–H and O–H groups in total. The van der Waals surface area contributed by atoms with Crippen LogP contribution < -0.4 is 5.32 Å². The number of amides is 1. The van der Waals surface area contributed by atoms with Gasteiger partial charge in [-0.2, -0.15) is 5.26 Å². The Labute approximate surface area is 158 Å². The van der Waals surface area contributed by atoms with Crippen molar-refractivity contribution in [2.75, 3.05) is 5.32 Å². The van der Waals surface area contributed by atoms with Gasteiger partial charge < -0.3 is 9.73 Å². The average molecular weight is 379 g/mol. The summed E-state index contributed by atoms with van der Waals surface area (Å²) in [6.07, 6.45) is 2.52. The molecule has 3 aromatic rings. The Morgan fingerprint density at radius 1 is 1.30 bits per heavy atom. The highest BCUT2D eigenvalue weighted by molar-refractivity contribution is 7.17. The van der Waals surface area contributed by atoms with Crippen LogP contribution in [0.2, 0.25) is 0 Å². The van der Waals surface area contributed by atoms with Gasteiger partial charge in [-0.25, -0.2) is 0 Å².